The predicted octanol–water partition coefficient (Wildman–Crippen LogP) is 2.21. The van der Waals surface area contributed by atoms with Gasteiger partial charge >= 0.3 is 11.3 Å². The molecule has 0 saturated carbocycles. The predicted molar refractivity (Wildman–Crippen MR) is 72.9 cm³/mol. The Hall–Kier alpha value is -3.02. The van der Waals surface area contributed by atoms with Crippen LogP contribution in [0.5, 0.6) is 0 Å². The van der Waals surface area contributed by atoms with Crippen LogP contribution in [0.15, 0.2) is 56.5 Å². The topological polar surface area (TPSA) is 90.4 Å². The van der Waals surface area contributed by atoms with Gasteiger partial charge in [0.1, 0.15) is 0 Å². The van der Waals surface area contributed by atoms with Gasteiger partial charge in [0.15, 0.2) is 0 Å². The van der Waals surface area contributed by atoms with Crippen LogP contribution in [0.4, 0.5) is 5.69 Å². The summed E-state index contributed by atoms with van der Waals surface area (Å²) in [6.45, 7) is 0. The zero-order valence-electron chi connectivity index (χ0n) is 10.0. The van der Waals surface area contributed by atoms with E-state index in [2.05, 4.69) is 0 Å². The first-order valence-electron chi connectivity index (χ1n) is 5.72. The normalized spacial score (nSPS) is 10.8. The molecule has 98 valence electrons. The molecule has 3 rings (SSSR count). The van der Waals surface area contributed by atoms with Gasteiger partial charge in [-0.15, -0.1) is 0 Å². The number of fused-ring (bicyclic) bond motifs is 3. The van der Waals surface area contributed by atoms with Crippen molar-refractivity contribution in [3.05, 3.63) is 73.4 Å². The van der Waals surface area contributed by atoms with Gasteiger partial charge in [0.2, 0.25) is 0 Å². The number of nitro benzene ring substituents is 1. The highest BCUT2D eigenvalue weighted by Crippen LogP contribution is 2.23. The van der Waals surface area contributed by atoms with Gasteiger partial charge in [0, 0.05) is 12.1 Å². The summed E-state index contributed by atoms with van der Waals surface area (Å²) in [4.78, 5) is 33.9. The van der Waals surface area contributed by atoms with Crippen LogP contribution in [0.25, 0.3) is 21.5 Å². The van der Waals surface area contributed by atoms with Gasteiger partial charge in [0.05, 0.1) is 15.7 Å². The van der Waals surface area contributed by atoms with E-state index < -0.39 is 16.2 Å². The van der Waals surface area contributed by atoms with E-state index in [-0.39, 0.29) is 16.5 Å². The summed E-state index contributed by atoms with van der Waals surface area (Å²) in [6.07, 6.45) is 0. The van der Waals surface area contributed by atoms with Crippen LogP contribution in [0.1, 0.15) is 0 Å². The number of hydrogen-bond donors (Lipinski definition) is 0. The lowest BCUT2D eigenvalue weighted by Gasteiger charge is -1.95. The number of nitrogens with zero attached hydrogens (tertiary/aromatic N) is 1. The van der Waals surface area contributed by atoms with Gasteiger partial charge < -0.3 is 4.42 Å². The second-order valence-electron chi connectivity index (χ2n) is 4.21. The summed E-state index contributed by atoms with van der Waals surface area (Å²) in [5, 5.41) is 12.0. The average molecular weight is 269 g/mol. The van der Waals surface area contributed by atoms with E-state index in [4.69, 9.17) is 4.42 Å². The Morgan fingerprint density at radius 3 is 2.15 bits per heavy atom. The molecule has 0 saturated heterocycles. The summed E-state index contributed by atoms with van der Waals surface area (Å²) < 4.78 is 4.70. The molecule has 0 N–H and O–H groups in total. The maximum absolute atomic E-state index is 11.9. The summed E-state index contributed by atoms with van der Waals surface area (Å²) in [5.41, 5.74) is -1.87. The first-order chi connectivity index (χ1) is 9.58. The lowest BCUT2D eigenvalue weighted by Crippen LogP contribution is -2.04. The number of nitro groups is 1. The Labute approximate surface area is 111 Å². The Bertz CT molecular complexity index is 974. The van der Waals surface area contributed by atoms with E-state index in [9.17, 15) is 19.7 Å². The van der Waals surface area contributed by atoms with E-state index >= 15 is 0 Å². The Balaban J connectivity index is 2.66. The smallest absolute Gasteiger partial charge is 0.346 e. The molecule has 0 unspecified atom stereocenters. The van der Waals surface area contributed by atoms with Crippen molar-refractivity contribution in [2.75, 3.05) is 0 Å². The molecule has 0 aliphatic carbocycles. The van der Waals surface area contributed by atoms with Crippen LogP contribution < -0.4 is 11.3 Å². The minimum atomic E-state index is -0.884. The first kappa shape index (κ1) is 12.0. The third-order valence-corrected chi connectivity index (χ3v) is 3.06. The highest BCUT2D eigenvalue weighted by molar-refractivity contribution is 6.05. The number of rotatable bonds is 1. The molecule has 0 aliphatic heterocycles. The van der Waals surface area contributed by atoms with Gasteiger partial charge in [-0.25, -0.2) is 9.59 Å². The summed E-state index contributed by atoms with van der Waals surface area (Å²) >= 11 is 0. The van der Waals surface area contributed by atoms with Crippen molar-refractivity contribution in [2.24, 2.45) is 0 Å². The van der Waals surface area contributed by atoms with Gasteiger partial charge in [-0.1, -0.05) is 18.2 Å². The second-order valence-corrected chi connectivity index (χ2v) is 4.21. The average Bonchev–Trinajstić information content (AvgIpc) is 2.55. The molecule has 2 aromatic carbocycles. The van der Waals surface area contributed by atoms with Crippen molar-refractivity contribution in [1.29, 1.82) is 0 Å². The van der Waals surface area contributed by atoms with Crippen molar-refractivity contribution in [3.63, 3.8) is 0 Å². The molecule has 20 heavy (non-hydrogen) atoms. The van der Waals surface area contributed by atoms with Crippen LogP contribution in [0.3, 0.4) is 0 Å². The van der Waals surface area contributed by atoms with E-state index in [1.54, 1.807) is 24.3 Å². The summed E-state index contributed by atoms with van der Waals surface area (Å²) in [5.74, 6) is 0. The maximum Gasteiger partial charge on any atom is 0.346 e. The van der Waals surface area contributed by atoms with E-state index in [0.717, 1.165) is 6.07 Å². The minimum Gasteiger partial charge on any atom is -0.386 e. The van der Waals surface area contributed by atoms with Crippen LogP contribution >= 0.6 is 0 Å². The first-order valence-corrected chi connectivity index (χ1v) is 5.72. The van der Waals surface area contributed by atoms with Crippen molar-refractivity contribution in [1.82, 2.24) is 0 Å². The maximum atomic E-state index is 11.9. The minimum absolute atomic E-state index is 0.0116. The lowest BCUT2D eigenvalue weighted by atomic mass is 10.1. The zero-order chi connectivity index (χ0) is 14.3. The molecule has 0 aliphatic rings. The fourth-order valence-corrected chi connectivity index (χ4v) is 2.14. The fourth-order valence-electron chi connectivity index (χ4n) is 2.14. The van der Waals surface area contributed by atoms with Crippen molar-refractivity contribution < 1.29 is 9.34 Å². The molecule has 0 spiro atoms. The third-order valence-electron chi connectivity index (χ3n) is 3.06. The quantitative estimate of drug-likeness (QED) is 0.499. The fraction of sp³-hybridized carbons (Fsp3) is 0. The van der Waals surface area contributed by atoms with Gasteiger partial charge in [-0.05, 0) is 22.9 Å². The largest absolute Gasteiger partial charge is 0.386 e. The lowest BCUT2D eigenvalue weighted by molar-refractivity contribution is -0.384. The Morgan fingerprint density at radius 1 is 0.850 bits per heavy atom. The van der Waals surface area contributed by atoms with Gasteiger partial charge in [-0.2, -0.15) is 0 Å². The van der Waals surface area contributed by atoms with Gasteiger partial charge in [0.25, 0.3) is 5.69 Å². The van der Waals surface area contributed by atoms with Crippen molar-refractivity contribution in [2.45, 2.75) is 0 Å². The summed E-state index contributed by atoms with van der Waals surface area (Å²) in [7, 11) is 0. The zero-order valence-corrected chi connectivity index (χ0v) is 10.0. The molecule has 6 heteroatoms. The number of non-ortho nitro benzene ring substituents is 1. The van der Waals surface area contributed by atoms with Crippen LogP contribution in [0.2, 0.25) is 0 Å². The number of hydrogen-bond acceptors (Lipinski definition) is 5. The third kappa shape index (κ3) is 1.74. The van der Waals surface area contributed by atoms with Crippen molar-refractivity contribution in [3.8, 4) is 0 Å². The molecular weight excluding hydrogens is 262 g/mol. The van der Waals surface area contributed by atoms with Crippen LogP contribution in [-0.2, 0) is 0 Å². The highest BCUT2D eigenvalue weighted by atomic mass is 16.6. The van der Waals surface area contributed by atoms with E-state index in [0.29, 0.717) is 10.8 Å². The molecular formula is C14H7NO5. The molecule has 1 heterocycles. The highest BCUT2D eigenvalue weighted by Gasteiger charge is 2.12. The molecule has 3 aromatic rings. The molecule has 1 aromatic heterocycles. The Kier molecular flexibility index (Phi) is 2.57. The van der Waals surface area contributed by atoms with Crippen molar-refractivity contribution >= 4 is 27.2 Å². The van der Waals surface area contributed by atoms with Gasteiger partial charge in [-0.3, -0.25) is 10.1 Å². The number of benzene rings is 2. The van der Waals surface area contributed by atoms with E-state index in [1.165, 1.54) is 12.1 Å². The monoisotopic (exact) mass is 269 g/mol. The van der Waals surface area contributed by atoms with E-state index in [1.807, 2.05) is 0 Å². The Morgan fingerprint density at radius 2 is 1.45 bits per heavy atom. The van der Waals surface area contributed by atoms with Crippen LogP contribution in [-0.4, -0.2) is 4.92 Å². The molecule has 6 nitrogen and oxygen atoms in total. The summed E-state index contributed by atoms with van der Waals surface area (Å²) in [6, 6.07) is 10.4. The SMILES string of the molecule is O=c1oc(=O)c2cc([N+](=O)[O-])ccc2c2ccccc12. The molecule has 0 fully saturated rings. The molecule has 0 bridgehead atoms. The second kappa shape index (κ2) is 4.27. The standard InChI is InChI=1S/C14H7NO5/c16-13-11-4-2-1-3-9(11)10-6-5-8(15(18)19)7-12(10)14(17)20-13/h1-7H. The molecule has 0 radical (unpaired) electrons. The molecule has 0 amide bonds. The van der Waals surface area contributed by atoms with Crippen LogP contribution in [0, 0.1) is 10.1 Å². The molecule has 0 atom stereocenters.